The lowest BCUT2D eigenvalue weighted by atomic mass is 9.94. The summed E-state index contributed by atoms with van der Waals surface area (Å²) in [5.41, 5.74) is 0.277. The van der Waals surface area contributed by atoms with Gasteiger partial charge < -0.3 is 20.2 Å². The molecule has 2 N–H and O–H groups in total. The van der Waals surface area contributed by atoms with E-state index < -0.39 is 69.8 Å². The number of aliphatic carboxylic acids is 1. The number of fused-ring (bicyclic) bond motifs is 1. The number of thioether (sulfide) groups is 1. The predicted octanol–water partition coefficient (Wildman–Crippen LogP) is 0.0186. The highest BCUT2D eigenvalue weighted by atomic mass is 32.2. The molecule has 39 heavy (non-hydrogen) atoms. The summed E-state index contributed by atoms with van der Waals surface area (Å²) in [7, 11) is 0. The van der Waals surface area contributed by atoms with Crippen LogP contribution in [0.2, 0.25) is 0 Å². The monoisotopic (exact) mass is 559 g/mol. The van der Waals surface area contributed by atoms with Gasteiger partial charge in [0.05, 0.1) is 0 Å². The maximum Gasteiger partial charge on any atom is 0.327 e. The Balaban J connectivity index is 1.63. The first-order valence-corrected chi connectivity index (χ1v) is 13.2. The van der Waals surface area contributed by atoms with Gasteiger partial charge in [-0.15, -0.1) is 11.8 Å². The van der Waals surface area contributed by atoms with Gasteiger partial charge in [-0.3, -0.25) is 33.8 Å². The highest BCUT2D eigenvalue weighted by molar-refractivity contribution is 8.01. The number of hydrogen-bond acceptors (Lipinski definition) is 8. The van der Waals surface area contributed by atoms with Crippen LogP contribution in [-0.4, -0.2) is 108 Å². The highest BCUT2D eigenvalue weighted by Crippen LogP contribution is 2.52. The van der Waals surface area contributed by atoms with Crippen LogP contribution in [0.4, 0.5) is 4.79 Å². The van der Waals surface area contributed by atoms with Gasteiger partial charge in [-0.2, -0.15) is 0 Å². The van der Waals surface area contributed by atoms with Crippen LogP contribution in [-0.2, 0) is 28.8 Å². The summed E-state index contributed by atoms with van der Waals surface area (Å²) in [4.78, 5) is 93.7. The molecule has 1 aromatic carbocycles. The van der Waals surface area contributed by atoms with Gasteiger partial charge in [-0.25, -0.2) is 9.59 Å². The Morgan fingerprint density at radius 1 is 1.10 bits per heavy atom. The third-order valence-corrected chi connectivity index (χ3v) is 8.64. The first kappa shape index (κ1) is 28.1. The Kier molecular flexibility index (Phi) is 7.43. The standard InChI is InChI=1S/C25H29N5O8S/c1-5-27-11-12-28(21(35)20(27)34)24(38)26-15(14-9-7-6-8-10-14)18(32)29(13(2)31)16-19(33)30-17(23(36)37)25(3,4)39-22(16)30/h6-10,15-17,22H,5,11-12H2,1-4H3,(H,26,38)(H,36,37)/t15-,16-,17+,22-/m1/s1. The molecule has 208 valence electrons. The van der Waals surface area contributed by atoms with Crippen molar-refractivity contribution in [1.29, 1.82) is 0 Å². The van der Waals surface area contributed by atoms with Gasteiger partial charge in [0.25, 0.3) is 11.8 Å². The van der Waals surface area contributed by atoms with E-state index in [0.717, 1.165) is 16.7 Å². The van der Waals surface area contributed by atoms with Crippen molar-refractivity contribution < 1.29 is 38.7 Å². The van der Waals surface area contributed by atoms with Crippen molar-refractivity contribution in [3.05, 3.63) is 35.9 Å². The van der Waals surface area contributed by atoms with Crippen LogP contribution < -0.4 is 5.32 Å². The summed E-state index contributed by atoms with van der Waals surface area (Å²) in [5.74, 6) is -5.47. The van der Waals surface area contributed by atoms with Crippen LogP contribution in [0.1, 0.15) is 39.3 Å². The van der Waals surface area contributed by atoms with Crippen molar-refractivity contribution in [3.8, 4) is 0 Å². The highest BCUT2D eigenvalue weighted by Gasteiger charge is 2.66. The fraction of sp³-hybridized carbons (Fsp3) is 0.480. The summed E-state index contributed by atoms with van der Waals surface area (Å²) < 4.78 is -0.882. The van der Waals surface area contributed by atoms with E-state index in [1.807, 2.05) is 0 Å². The summed E-state index contributed by atoms with van der Waals surface area (Å²) in [6.45, 7) is 6.48. The molecular weight excluding hydrogens is 530 g/mol. The zero-order valence-corrected chi connectivity index (χ0v) is 22.6. The fourth-order valence-corrected chi connectivity index (χ4v) is 6.83. The van der Waals surface area contributed by atoms with Crippen molar-refractivity contribution >= 4 is 53.3 Å². The maximum atomic E-state index is 13.9. The van der Waals surface area contributed by atoms with Crippen LogP contribution >= 0.6 is 11.8 Å². The topological polar surface area (TPSA) is 165 Å². The molecule has 0 saturated carbocycles. The van der Waals surface area contributed by atoms with Gasteiger partial charge in [0.1, 0.15) is 23.5 Å². The lowest BCUT2D eigenvalue weighted by Crippen LogP contribution is -2.72. The van der Waals surface area contributed by atoms with Crippen LogP contribution in [0.25, 0.3) is 0 Å². The van der Waals surface area contributed by atoms with Crippen molar-refractivity contribution in [2.45, 2.75) is 55.9 Å². The largest absolute Gasteiger partial charge is 0.480 e. The molecule has 3 heterocycles. The molecule has 3 aliphatic rings. The number of rotatable bonds is 6. The Labute approximate surface area is 228 Å². The van der Waals surface area contributed by atoms with Gasteiger partial charge in [0.15, 0.2) is 0 Å². The Bertz CT molecular complexity index is 1250. The number of imide groups is 2. The Hall–Kier alpha value is -3.94. The number of piperazine rings is 1. The number of carbonyl (C=O) groups is 7. The van der Waals surface area contributed by atoms with Gasteiger partial charge >= 0.3 is 23.8 Å². The van der Waals surface area contributed by atoms with E-state index in [2.05, 4.69) is 5.32 Å². The molecular formula is C25H29N5O8S. The zero-order valence-electron chi connectivity index (χ0n) is 21.8. The van der Waals surface area contributed by atoms with E-state index in [4.69, 9.17) is 0 Å². The second-order valence-corrected chi connectivity index (χ2v) is 11.7. The summed E-state index contributed by atoms with van der Waals surface area (Å²) in [6.07, 6.45) is 0. The molecule has 4 atom stereocenters. The molecule has 0 aliphatic carbocycles. The van der Waals surface area contributed by atoms with E-state index in [0.29, 0.717) is 11.4 Å². The van der Waals surface area contributed by atoms with Gasteiger partial charge in [-0.05, 0) is 26.3 Å². The van der Waals surface area contributed by atoms with E-state index in [1.165, 1.54) is 28.8 Å². The van der Waals surface area contributed by atoms with Crippen LogP contribution in [0.3, 0.4) is 0 Å². The van der Waals surface area contributed by atoms with Crippen molar-refractivity contribution in [3.63, 3.8) is 0 Å². The number of benzene rings is 1. The quantitative estimate of drug-likeness (QED) is 0.361. The summed E-state index contributed by atoms with van der Waals surface area (Å²) in [5, 5.41) is 11.4. The number of carboxylic acids is 1. The molecule has 4 rings (SSSR count). The molecule has 3 saturated heterocycles. The number of likely N-dealkylation sites (N-methyl/N-ethyl adjacent to an activating group) is 1. The van der Waals surface area contributed by atoms with Gasteiger partial charge in [0, 0.05) is 31.3 Å². The van der Waals surface area contributed by atoms with E-state index >= 15 is 0 Å². The molecule has 0 unspecified atom stereocenters. The average Bonchev–Trinajstić information content (AvgIpc) is 3.14. The fourth-order valence-electron chi connectivity index (χ4n) is 5.16. The Morgan fingerprint density at radius 2 is 1.74 bits per heavy atom. The lowest BCUT2D eigenvalue weighted by molar-refractivity contribution is -0.172. The minimum absolute atomic E-state index is 0.0865. The number of nitrogens with zero attached hydrogens (tertiary/aromatic N) is 4. The van der Waals surface area contributed by atoms with Crippen molar-refractivity contribution in [2.24, 2.45) is 0 Å². The number of amides is 7. The molecule has 14 heteroatoms. The second kappa shape index (κ2) is 10.3. The van der Waals surface area contributed by atoms with Crippen molar-refractivity contribution in [2.75, 3.05) is 19.6 Å². The number of urea groups is 1. The third-order valence-electron chi connectivity index (χ3n) is 7.09. The third kappa shape index (κ3) is 4.73. The molecule has 7 amide bonds. The number of carbonyl (C=O) groups excluding carboxylic acids is 6. The second-order valence-electron chi connectivity index (χ2n) is 9.91. The molecule has 3 fully saturated rings. The first-order chi connectivity index (χ1) is 18.3. The zero-order chi connectivity index (χ0) is 28.8. The number of hydrogen-bond donors (Lipinski definition) is 2. The van der Waals surface area contributed by atoms with Crippen LogP contribution in [0.5, 0.6) is 0 Å². The number of carboxylic acid groups (broad SMARTS) is 1. The lowest BCUT2D eigenvalue weighted by Gasteiger charge is -2.47. The molecule has 3 aliphatic heterocycles. The summed E-state index contributed by atoms with van der Waals surface area (Å²) >= 11 is 1.17. The van der Waals surface area contributed by atoms with E-state index in [1.54, 1.807) is 39.0 Å². The molecule has 0 aromatic heterocycles. The summed E-state index contributed by atoms with van der Waals surface area (Å²) in [6, 6.07) is 3.06. The van der Waals surface area contributed by atoms with Crippen molar-refractivity contribution in [1.82, 2.24) is 24.9 Å². The minimum atomic E-state index is -1.48. The van der Waals surface area contributed by atoms with E-state index in [9.17, 15) is 38.7 Å². The van der Waals surface area contributed by atoms with Gasteiger partial charge in [-0.1, -0.05) is 30.3 Å². The number of β-lactam (4-membered cyclic amide) rings is 1. The van der Waals surface area contributed by atoms with Crippen LogP contribution in [0.15, 0.2) is 30.3 Å². The molecule has 0 spiro atoms. The minimum Gasteiger partial charge on any atom is -0.480 e. The first-order valence-electron chi connectivity index (χ1n) is 12.3. The normalized spacial score (nSPS) is 24.6. The molecule has 1 aromatic rings. The molecule has 13 nitrogen and oxygen atoms in total. The molecule has 0 bridgehead atoms. The smallest absolute Gasteiger partial charge is 0.327 e. The Morgan fingerprint density at radius 3 is 2.31 bits per heavy atom. The van der Waals surface area contributed by atoms with E-state index in [-0.39, 0.29) is 18.7 Å². The molecule has 0 radical (unpaired) electrons. The van der Waals surface area contributed by atoms with Gasteiger partial charge in [0.2, 0.25) is 5.91 Å². The number of nitrogens with one attached hydrogen (secondary N) is 1. The average molecular weight is 560 g/mol. The van der Waals surface area contributed by atoms with Crippen LogP contribution in [0, 0.1) is 0 Å². The maximum absolute atomic E-state index is 13.9. The predicted molar refractivity (Wildman–Crippen MR) is 137 cm³/mol. The SMILES string of the molecule is CCN1CCN(C(=O)N[C@@H](C(=O)N(C(C)=O)[C@@H]2C(=O)N3[C@@H]2SC(C)(C)[C@@H]3C(=O)O)c2ccccc2)C(=O)C1=O.